The van der Waals surface area contributed by atoms with E-state index in [2.05, 4.69) is 20.5 Å². The fourth-order valence-corrected chi connectivity index (χ4v) is 8.21. The van der Waals surface area contributed by atoms with Crippen LogP contribution >= 0.6 is 0 Å². The maximum atomic E-state index is 14.1. The van der Waals surface area contributed by atoms with E-state index in [9.17, 15) is 39.4 Å². The molecular formula is C52H36N8O10. The molecule has 0 radical (unpaired) electrons. The topological polar surface area (TPSA) is 229 Å². The van der Waals surface area contributed by atoms with Gasteiger partial charge in [0.05, 0.1) is 46.6 Å². The minimum atomic E-state index is -0.527. The van der Waals surface area contributed by atoms with Gasteiger partial charge in [0.2, 0.25) is 0 Å². The maximum absolute atomic E-state index is 14.1. The van der Waals surface area contributed by atoms with Crippen molar-refractivity contribution in [3.63, 3.8) is 0 Å². The van der Waals surface area contributed by atoms with Crippen LogP contribution in [0.3, 0.4) is 0 Å². The lowest BCUT2D eigenvalue weighted by molar-refractivity contribution is -0.385. The molecule has 0 aromatic heterocycles. The minimum absolute atomic E-state index is 0.102. The number of hydrogen-bond acceptors (Lipinski definition) is 14. The molecule has 0 bridgehead atoms. The highest BCUT2D eigenvalue weighted by Gasteiger charge is 2.31. The van der Waals surface area contributed by atoms with Crippen molar-refractivity contribution < 1.29 is 38.5 Å². The van der Waals surface area contributed by atoms with Crippen LogP contribution in [0.1, 0.15) is 52.6 Å². The second-order valence-electron chi connectivity index (χ2n) is 15.8. The van der Waals surface area contributed by atoms with Gasteiger partial charge in [-0.3, -0.25) is 39.4 Å². The van der Waals surface area contributed by atoms with Gasteiger partial charge in [0.15, 0.2) is 23.1 Å². The van der Waals surface area contributed by atoms with Crippen LogP contribution in [0.15, 0.2) is 166 Å². The summed E-state index contributed by atoms with van der Waals surface area (Å²) in [6, 6.07) is 37.8. The van der Waals surface area contributed by atoms with Gasteiger partial charge in [-0.05, 0) is 83.6 Å². The van der Waals surface area contributed by atoms with Gasteiger partial charge < -0.3 is 19.3 Å². The quantitative estimate of drug-likeness (QED) is 0.0639. The number of nitrogens with zero attached hydrogens (tertiary/aromatic N) is 8. The third-order valence-electron chi connectivity index (χ3n) is 11.8. The Morgan fingerprint density at radius 3 is 1.21 bits per heavy atom. The first-order valence-electron chi connectivity index (χ1n) is 21.2. The first kappa shape index (κ1) is 45.3. The Labute approximate surface area is 397 Å². The Bertz CT molecular complexity index is 3360. The number of fused-ring (bicyclic) bond motifs is 4. The number of benzene rings is 8. The molecule has 18 nitrogen and oxygen atoms in total. The van der Waals surface area contributed by atoms with Crippen molar-refractivity contribution in [2.24, 2.45) is 20.5 Å². The molecule has 0 atom stereocenters. The fourth-order valence-electron chi connectivity index (χ4n) is 8.21. The molecule has 0 unspecified atom stereocenters. The van der Waals surface area contributed by atoms with Gasteiger partial charge in [-0.25, -0.2) is 0 Å². The summed E-state index contributed by atoms with van der Waals surface area (Å²) in [5, 5.41) is 42.9. The van der Waals surface area contributed by atoms with Crippen molar-refractivity contribution in [2.75, 3.05) is 38.1 Å². The summed E-state index contributed by atoms with van der Waals surface area (Å²) in [5.41, 5.74) is 2.26. The summed E-state index contributed by atoms with van der Waals surface area (Å²) >= 11 is 0. The Morgan fingerprint density at radius 2 is 0.857 bits per heavy atom. The molecule has 9 rings (SSSR count). The molecule has 8 aromatic carbocycles. The highest BCUT2D eigenvalue weighted by atomic mass is 16.6. The van der Waals surface area contributed by atoms with Gasteiger partial charge in [-0.2, -0.15) is 10.2 Å². The molecule has 0 N–H and O–H groups in total. The number of anilines is 2. The summed E-state index contributed by atoms with van der Waals surface area (Å²) < 4.78 is 11.6. The highest BCUT2D eigenvalue weighted by molar-refractivity contribution is 6.29. The zero-order chi connectivity index (χ0) is 49.4. The smallest absolute Gasteiger partial charge is 0.269 e. The first-order valence-corrected chi connectivity index (χ1v) is 21.2. The molecule has 8 aromatic rings. The number of carbonyl (C=O) groups excluding carboxylic acids is 4. The Morgan fingerprint density at radius 1 is 0.486 bits per heavy atom. The zero-order valence-electron chi connectivity index (χ0n) is 37.5. The van der Waals surface area contributed by atoms with Gasteiger partial charge in [0.1, 0.15) is 11.4 Å². The average Bonchev–Trinajstić information content (AvgIpc) is 3.39. The SMILES string of the molecule is COc1c(C(=O)N(C)c2ccc([N+](=O)[O-])cc2)cc2ccccc2c1N=Nc1ccc2c(c1)C(=O)c1ccc(N=Nc3c(OC)c(C(=O)N(C)c4ccc([N+](=O)[O-])cc4)cc4ccccc34)cc1C2=O. The van der Waals surface area contributed by atoms with Crippen LogP contribution in [-0.2, 0) is 0 Å². The molecule has 1 aliphatic carbocycles. The van der Waals surface area contributed by atoms with Gasteiger partial charge in [0.25, 0.3) is 23.2 Å². The number of rotatable bonds is 12. The van der Waals surface area contributed by atoms with E-state index in [4.69, 9.17) is 9.47 Å². The summed E-state index contributed by atoms with van der Waals surface area (Å²) in [7, 11) is 5.86. The molecule has 2 amide bonds. The first-order chi connectivity index (χ1) is 33.8. The molecule has 0 saturated heterocycles. The number of methoxy groups -OCH3 is 2. The molecule has 0 aliphatic heterocycles. The number of azo groups is 2. The van der Waals surface area contributed by atoms with Gasteiger partial charge in [-0.1, -0.05) is 48.5 Å². The van der Waals surface area contributed by atoms with Gasteiger partial charge >= 0.3 is 0 Å². The lowest BCUT2D eigenvalue weighted by Crippen LogP contribution is -2.26. The van der Waals surface area contributed by atoms with Gasteiger partial charge in [-0.15, -0.1) is 10.2 Å². The van der Waals surface area contributed by atoms with Crippen molar-refractivity contribution in [3.05, 3.63) is 199 Å². The molecule has 0 spiro atoms. The average molecular weight is 933 g/mol. The van der Waals surface area contributed by atoms with Crippen molar-refractivity contribution in [3.8, 4) is 11.5 Å². The standard InChI is InChI=1S/C52H36N8O10/c1-57(33-15-19-35(20-16-33)59(65)66)51(63)43-25-29-9-5-7-11-37(29)45(49(43)69-3)55-53-31-13-23-39-41(27-31)47(61)40-24-14-32(28-42(40)48(39)62)54-56-46-38-12-8-6-10-30(38)26-44(50(46)70-4)52(64)58(2)34-17-21-36(22-18-34)60(67)68/h5-28H,1-4H3. The van der Waals surface area contributed by atoms with Crippen LogP contribution in [0.5, 0.6) is 11.5 Å². The number of nitro benzene ring substituents is 2. The monoisotopic (exact) mass is 932 g/mol. The second-order valence-corrected chi connectivity index (χ2v) is 15.8. The number of carbonyl (C=O) groups is 4. The van der Waals surface area contributed by atoms with E-state index in [1.54, 1.807) is 72.8 Å². The molecule has 0 fully saturated rings. The Kier molecular flexibility index (Phi) is 11.9. The molecular weight excluding hydrogens is 897 g/mol. The highest BCUT2D eigenvalue weighted by Crippen LogP contribution is 2.43. The largest absolute Gasteiger partial charge is 0.494 e. The number of amides is 2. The number of non-ortho nitro benzene ring substituents is 2. The fraction of sp³-hybridized carbons (Fsp3) is 0.0769. The molecule has 70 heavy (non-hydrogen) atoms. The van der Waals surface area contributed by atoms with Crippen LogP contribution in [0, 0.1) is 20.2 Å². The molecule has 0 saturated carbocycles. The van der Waals surface area contributed by atoms with E-state index in [1.165, 1.54) is 111 Å². The van der Waals surface area contributed by atoms with Crippen molar-refractivity contribution in [2.45, 2.75) is 0 Å². The van der Waals surface area contributed by atoms with Crippen molar-refractivity contribution in [1.82, 2.24) is 0 Å². The summed E-state index contributed by atoms with van der Waals surface area (Å²) in [6.07, 6.45) is 0. The summed E-state index contributed by atoms with van der Waals surface area (Å²) in [4.78, 5) is 80.2. The minimum Gasteiger partial charge on any atom is -0.494 e. The third kappa shape index (κ3) is 8.21. The van der Waals surface area contributed by atoms with Crippen LogP contribution in [0.25, 0.3) is 21.5 Å². The number of nitro groups is 2. The van der Waals surface area contributed by atoms with E-state index in [0.29, 0.717) is 32.9 Å². The molecule has 18 heteroatoms. The predicted octanol–water partition coefficient (Wildman–Crippen LogP) is 12.0. The normalized spacial score (nSPS) is 12.0. The molecule has 0 heterocycles. The number of ether oxygens (including phenoxy) is 2. The van der Waals surface area contributed by atoms with Crippen molar-refractivity contribution in [1.29, 1.82) is 0 Å². The summed E-state index contributed by atoms with van der Waals surface area (Å²) in [5.74, 6) is -1.60. The van der Waals surface area contributed by atoms with Crippen LogP contribution in [-0.4, -0.2) is 61.5 Å². The number of ketones is 2. The Balaban J connectivity index is 1.01. The predicted molar refractivity (Wildman–Crippen MR) is 261 cm³/mol. The Hall–Kier alpha value is -9.84. The van der Waals surface area contributed by atoms with E-state index < -0.39 is 33.2 Å². The second kappa shape index (κ2) is 18.4. The van der Waals surface area contributed by atoms with E-state index in [-0.39, 0.29) is 79.0 Å². The molecule has 1 aliphatic rings. The van der Waals surface area contributed by atoms with Crippen LogP contribution < -0.4 is 19.3 Å². The third-order valence-corrected chi connectivity index (χ3v) is 11.8. The van der Waals surface area contributed by atoms with E-state index >= 15 is 0 Å². The number of hydrogen-bond donors (Lipinski definition) is 0. The summed E-state index contributed by atoms with van der Waals surface area (Å²) in [6.45, 7) is 0. The zero-order valence-corrected chi connectivity index (χ0v) is 37.5. The lowest BCUT2D eigenvalue weighted by Gasteiger charge is -2.20. The van der Waals surface area contributed by atoms with E-state index in [0.717, 1.165) is 0 Å². The van der Waals surface area contributed by atoms with Gasteiger partial charge in [0, 0.05) is 82.8 Å². The van der Waals surface area contributed by atoms with E-state index in [1.807, 2.05) is 0 Å². The maximum Gasteiger partial charge on any atom is 0.269 e. The lowest BCUT2D eigenvalue weighted by atomic mass is 9.83. The molecule has 344 valence electrons. The van der Waals surface area contributed by atoms with Crippen LogP contribution in [0.2, 0.25) is 0 Å². The van der Waals surface area contributed by atoms with Crippen molar-refractivity contribution >= 4 is 90.4 Å². The van der Waals surface area contributed by atoms with Crippen LogP contribution in [0.4, 0.5) is 45.5 Å².